The summed E-state index contributed by atoms with van der Waals surface area (Å²) in [6.07, 6.45) is -4.76. The maximum atomic E-state index is 12.9. The van der Waals surface area contributed by atoms with Crippen LogP contribution in [0.2, 0.25) is 10.0 Å². The van der Waals surface area contributed by atoms with E-state index in [9.17, 15) is 22.8 Å². The highest BCUT2D eigenvalue weighted by Gasteiger charge is 2.31. The minimum Gasteiger partial charge on any atom is -0.491 e. The first kappa shape index (κ1) is 21.8. The van der Waals surface area contributed by atoms with Gasteiger partial charge in [0.05, 0.1) is 35.0 Å². The van der Waals surface area contributed by atoms with E-state index in [2.05, 4.69) is 10.6 Å². The van der Waals surface area contributed by atoms with E-state index in [0.29, 0.717) is 0 Å². The molecule has 28 heavy (non-hydrogen) atoms. The van der Waals surface area contributed by atoms with Gasteiger partial charge >= 0.3 is 6.18 Å². The van der Waals surface area contributed by atoms with Gasteiger partial charge in [-0.3, -0.25) is 9.59 Å². The predicted molar refractivity (Wildman–Crippen MR) is 101 cm³/mol. The van der Waals surface area contributed by atoms with Crippen LogP contribution in [0.1, 0.15) is 18.9 Å². The average Bonchev–Trinajstić information content (AvgIpc) is 2.59. The van der Waals surface area contributed by atoms with Gasteiger partial charge in [0.1, 0.15) is 10.8 Å². The lowest BCUT2D eigenvalue weighted by Gasteiger charge is -2.15. The standard InChI is InChI=1S/C18H15Cl2F3N2O3/c1-10(26)24-13-6-5-11(18(21,22)23)9-14(13)25-16(27)7-8-28-15-4-2-3-12(19)17(15)20/h2-6,9H,7-8H2,1H3,(H,24,26)(H,25,27). The molecule has 0 aliphatic heterocycles. The second-order valence-electron chi connectivity index (χ2n) is 5.64. The molecule has 2 N–H and O–H groups in total. The van der Waals surface area contributed by atoms with Crippen molar-refractivity contribution in [2.75, 3.05) is 17.2 Å². The highest BCUT2D eigenvalue weighted by Crippen LogP contribution is 2.34. The molecule has 2 amide bonds. The third-order valence-electron chi connectivity index (χ3n) is 3.43. The molecule has 0 aromatic heterocycles. The fourth-order valence-corrected chi connectivity index (χ4v) is 2.53. The van der Waals surface area contributed by atoms with Gasteiger partial charge in [-0.15, -0.1) is 0 Å². The first-order valence-electron chi connectivity index (χ1n) is 7.93. The van der Waals surface area contributed by atoms with E-state index < -0.39 is 23.6 Å². The highest BCUT2D eigenvalue weighted by molar-refractivity contribution is 6.42. The van der Waals surface area contributed by atoms with Crippen LogP contribution in [0.3, 0.4) is 0 Å². The van der Waals surface area contributed by atoms with E-state index in [0.717, 1.165) is 18.2 Å². The molecule has 2 aromatic rings. The smallest absolute Gasteiger partial charge is 0.416 e. The molecule has 2 rings (SSSR count). The van der Waals surface area contributed by atoms with Gasteiger partial charge in [0.15, 0.2) is 0 Å². The lowest BCUT2D eigenvalue weighted by atomic mass is 10.1. The third kappa shape index (κ3) is 6.03. The zero-order chi connectivity index (χ0) is 20.9. The van der Waals surface area contributed by atoms with E-state index in [-0.39, 0.29) is 40.2 Å². The number of anilines is 2. The monoisotopic (exact) mass is 434 g/mol. The predicted octanol–water partition coefficient (Wildman–Crippen LogP) is 5.38. The molecule has 0 bridgehead atoms. The molecule has 150 valence electrons. The van der Waals surface area contributed by atoms with E-state index >= 15 is 0 Å². The van der Waals surface area contributed by atoms with Crippen molar-refractivity contribution in [3.05, 3.63) is 52.0 Å². The first-order chi connectivity index (χ1) is 13.1. The third-order valence-corrected chi connectivity index (χ3v) is 4.24. The number of amides is 2. The number of halogens is 5. The first-order valence-corrected chi connectivity index (χ1v) is 8.69. The lowest BCUT2D eigenvalue weighted by molar-refractivity contribution is -0.137. The number of benzene rings is 2. The summed E-state index contributed by atoms with van der Waals surface area (Å²) < 4.78 is 44.1. The summed E-state index contributed by atoms with van der Waals surface area (Å²) in [5, 5.41) is 5.19. The average molecular weight is 435 g/mol. The summed E-state index contributed by atoms with van der Waals surface area (Å²) >= 11 is 11.8. The second kappa shape index (κ2) is 9.16. The molecule has 2 aromatic carbocycles. The molecule has 0 atom stereocenters. The normalized spacial score (nSPS) is 11.1. The second-order valence-corrected chi connectivity index (χ2v) is 6.42. The van der Waals surface area contributed by atoms with Crippen LogP contribution >= 0.6 is 23.2 Å². The van der Waals surface area contributed by atoms with Crippen LogP contribution in [-0.2, 0) is 15.8 Å². The Morgan fingerprint density at radius 2 is 1.79 bits per heavy atom. The van der Waals surface area contributed by atoms with Crippen molar-refractivity contribution < 1.29 is 27.5 Å². The molecule has 0 saturated heterocycles. The molecule has 0 aliphatic carbocycles. The zero-order valence-corrected chi connectivity index (χ0v) is 16.0. The Kier molecular flexibility index (Phi) is 7.15. The Hall–Kier alpha value is -2.45. The number of carbonyl (C=O) groups is 2. The Labute approximate surface area is 168 Å². The topological polar surface area (TPSA) is 67.4 Å². The van der Waals surface area contributed by atoms with Crippen molar-refractivity contribution in [1.29, 1.82) is 0 Å². The van der Waals surface area contributed by atoms with Crippen LogP contribution in [0, 0.1) is 0 Å². The van der Waals surface area contributed by atoms with Gasteiger partial charge < -0.3 is 15.4 Å². The summed E-state index contributed by atoms with van der Waals surface area (Å²) in [5.41, 5.74) is -1.08. The summed E-state index contributed by atoms with van der Waals surface area (Å²) in [4.78, 5) is 23.3. The molecule has 0 heterocycles. The number of hydrogen-bond acceptors (Lipinski definition) is 3. The Morgan fingerprint density at radius 3 is 2.43 bits per heavy atom. The quantitative estimate of drug-likeness (QED) is 0.641. The van der Waals surface area contributed by atoms with Crippen LogP contribution in [0.15, 0.2) is 36.4 Å². The molecular weight excluding hydrogens is 420 g/mol. The van der Waals surface area contributed by atoms with Crippen molar-refractivity contribution in [1.82, 2.24) is 0 Å². The van der Waals surface area contributed by atoms with Crippen LogP contribution in [0.4, 0.5) is 24.5 Å². The van der Waals surface area contributed by atoms with E-state index in [1.807, 2.05) is 0 Å². The number of ether oxygens (including phenoxy) is 1. The molecule has 0 radical (unpaired) electrons. The van der Waals surface area contributed by atoms with Gasteiger partial charge in [-0.25, -0.2) is 0 Å². The van der Waals surface area contributed by atoms with E-state index in [1.165, 1.54) is 6.92 Å². The maximum absolute atomic E-state index is 12.9. The van der Waals surface area contributed by atoms with Crippen molar-refractivity contribution in [2.24, 2.45) is 0 Å². The number of nitrogens with one attached hydrogen (secondary N) is 2. The van der Waals surface area contributed by atoms with E-state index in [1.54, 1.807) is 18.2 Å². The van der Waals surface area contributed by atoms with E-state index in [4.69, 9.17) is 27.9 Å². The molecular formula is C18H15Cl2F3N2O3. The molecule has 0 unspecified atom stereocenters. The van der Waals surface area contributed by atoms with Gasteiger partial charge in [0.25, 0.3) is 0 Å². The summed E-state index contributed by atoms with van der Waals surface area (Å²) in [7, 11) is 0. The SMILES string of the molecule is CC(=O)Nc1ccc(C(F)(F)F)cc1NC(=O)CCOc1cccc(Cl)c1Cl. The largest absolute Gasteiger partial charge is 0.491 e. The van der Waals surface area contributed by atoms with Crippen LogP contribution < -0.4 is 15.4 Å². The number of carbonyl (C=O) groups excluding carboxylic acids is 2. The van der Waals surface area contributed by atoms with Gasteiger partial charge in [0, 0.05) is 6.92 Å². The fourth-order valence-electron chi connectivity index (χ4n) is 2.18. The summed E-state index contributed by atoms with van der Waals surface area (Å²) in [5.74, 6) is -0.821. The van der Waals surface area contributed by atoms with Crippen molar-refractivity contribution in [3.63, 3.8) is 0 Å². The Bertz CT molecular complexity index is 889. The van der Waals surface area contributed by atoms with Crippen LogP contribution in [-0.4, -0.2) is 18.4 Å². The van der Waals surface area contributed by atoms with Gasteiger partial charge in [0.2, 0.25) is 11.8 Å². The summed E-state index contributed by atoms with van der Waals surface area (Å²) in [6.45, 7) is 1.12. The number of alkyl halides is 3. The van der Waals surface area contributed by atoms with Crippen molar-refractivity contribution >= 4 is 46.4 Å². The molecule has 0 fully saturated rings. The highest BCUT2D eigenvalue weighted by atomic mass is 35.5. The van der Waals surface area contributed by atoms with Crippen molar-refractivity contribution in [3.8, 4) is 5.75 Å². The summed E-state index contributed by atoms with van der Waals surface area (Å²) in [6, 6.07) is 7.38. The molecule has 5 nitrogen and oxygen atoms in total. The maximum Gasteiger partial charge on any atom is 0.416 e. The zero-order valence-electron chi connectivity index (χ0n) is 14.5. The molecule has 0 spiro atoms. The molecule has 0 aliphatic rings. The minimum absolute atomic E-state index is 0.0488. The van der Waals surface area contributed by atoms with Crippen LogP contribution in [0.25, 0.3) is 0 Å². The Morgan fingerprint density at radius 1 is 1.07 bits per heavy atom. The fraction of sp³-hybridized carbons (Fsp3) is 0.222. The van der Waals surface area contributed by atoms with Gasteiger partial charge in [-0.1, -0.05) is 29.3 Å². The lowest BCUT2D eigenvalue weighted by Crippen LogP contribution is -2.18. The van der Waals surface area contributed by atoms with Crippen LogP contribution in [0.5, 0.6) is 5.75 Å². The Balaban J connectivity index is 2.06. The van der Waals surface area contributed by atoms with Gasteiger partial charge in [-0.05, 0) is 30.3 Å². The molecule has 0 saturated carbocycles. The van der Waals surface area contributed by atoms with Crippen molar-refractivity contribution in [2.45, 2.75) is 19.5 Å². The number of rotatable bonds is 6. The molecule has 10 heteroatoms. The minimum atomic E-state index is -4.60. The van der Waals surface area contributed by atoms with Gasteiger partial charge in [-0.2, -0.15) is 13.2 Å². The number of hydrogen-bond donors (Lipinski definition) is 2.